The zero-order valence-corrected chi connectivity index (χ0v) is 47.3. The topological polar surface area (TPSA) is 141 Å². The molecule has 0 N–H and O–H groups in total. The minimum atomic E-state index is -0.211. The molecule has 0 saturated carbocycles. The maximum absolute atomic E-state index is 9.47. The predicted molar refractivity (Wildman–Crippen MR) is 297 cm³/mol. The maximum atomic E-state index is 9.47. The number of nitriles is 4. The summed E-state index contributed by atoms with van der Waals surface area (Å²) in [4.78, 5) is 0. The van der Waals surface area contributed by atoms with Crippen LogP contribution in [0.1, 0.15) is 227 Å². The molecule has 74 heavy (non-hydrogen) atoms. The first-order valence-corrected chi connectivity index (χ1v) is 27.3. The molecule has 0 saturated heterocycles. The Hall–Kier alpha value is -6.00. The van der Waals surface area contributed by atoms with Gasteiger partial charge in [0, 0.05) is 56.1 Å². The van der Waals surface area contributed by atoms with Crippen LogP contribution in [0.25, 0.3) is 0 Å². The molecule has 0 atom stereocenters. The van der Waals surface area contributed by atoms with Crippen LogP contribution in [0.5, 0.6) is 23.0 Å². The molecule has 0 spiro atoms. The molecule has 4 aromatic carbocycles. The van der Waals surface area contributed by atoms with E-state index in [1.54, 1.807) is 0 Å². The van der Waals surface area contributed by atoms with Crippen molar-refractivity contribution in [2.24, 2.45) is 0 Å². The number of fused-ring (bicyclic) bond motifs is 8. The molecule has 0 amide bonds. The van der Waals surface area contributed by atoms with E-state index in [0.717, 1.165) is 119 Å². The SMILES string of the molecule is CC(C)(C)c1cc2c(OCCCCC#N)c(c1)Cc1cc(C(C)(C)C)cc(c1OCCCCC#N)Cc1cc(C(C)(C)C)cc(c1OCCCCC#N)Cc1cc(C(C)(C)C)cc(c1OCCCCC#N)COC2. The highest BCUT2D eigenvalue weighted by Crippen LogP contribution is 2.43. The molecule has 396 valence electrons. The summed E-state index contributed by atoms with van der Waals surface area (Å²) < 4.78 is 35.0. The molecular formula is C65H86N4O5. The van der Waals surface area contributed by atoms with Crippen molar-refractivity contribution >= 4 is 0 Å². The van der Waals surface area contributed by atoms with Crippen molar-refractivity contribution in [2.75, 3.05) is 26.4 Å². The Morgan fingerprint density at radius 3 is 0.743 bits per heavy atom. The van der Waals surface area contributed by atoms with Crippen LogP contribution in [-0.4, -0.2) is 26.4 Å². The van der Waals surface area contributed by atoms with Crippen LogP contribution in [0.2, 0.25) is 0 Å². The molecule has 1 heterocycles. The van der Waals surface area contributed by atoms with Crippen LogP contribution in [0, 0.1) is 45.3 Å². The summed E-state index contributed by atoms with van der Waals surface area (Å²) in [6, 6.07) is 27.6. The van der Waals surface area contributed by atoms with Gasteiger partial charge in [-0.1, -0.05) is 119 Å². The van der Waals surface area contributed by atoms with Gasteiger partial charge < -0.3 is 23.7 Å². The van der Waals surface area contributed by atoms with Gasteiger partial charge in [-0.15, -0.1) is 0 Å². The van der Waals surface area contributed by atoms with Crippen molar-refractivity contribution in [1.29, 1.82) is 21.0 Å². The predicted octanol–water partition coefficient (Wildman–Crippen LogP) is 16.0. The summed E-state index contributed by atoms with van der Waals surface area (Å²) in [6.07, 6.45) is 9.42. The lowest BCUT2D eigenvalue weighted by atomic mass is 9.80. The molecule has 0 radical (unpaired) electrons. The fraction of sp³-hybridized carbons (Fsp3) is 0.569. The van der Waals surface area contributed by atoms with Crippen LogP contribution in [0.15, 0.2) is 48.5 Å². The van der Waals surface area contributed by atoms with E-state index in [1.807, 2.05) is 0 Å². The summed E-state index contributed by atoms with van der Waals surface area (Å²) in [6.45, 7) is 29.5. The first kappa shape index (κ1) is 58.9. The largest absolute Gasteiger partial charge is 0.493 e. The fourth-order valence-electron chi connectivity index (χ4n) is 9.30. The van der Waals surface area contributed by atoms with Gasteiger partial charge in [0.05, 0.1) is 63.9 Å². The number of hydrogen-bond donors (Lipinski definition) is 0. The molecule has 4 aromatic rings. The van der Waals surface area contributed by atoms with E-state index in [4.69, 9.17) is 23.7 Å². The first-order chi connectivity index (χ1) is 35.1. The second-order valence-electron chi connectivity index (χ2n) is 24.4. The molecule has 0 fully saturated rings. The van der Waals surface area contributed by atoms with Crippen molar-refractivity contribution in [1.82, 2.24) is 0 Å². The Kier molecular flexibility index (Phi) is 21.5. The van der Waals surface area contributed by atoms with E-state index < -0.39 is 0 Å². The smallest absolute Gasteiger partial charge is 0.128 e. The quantitative estimate of drug-likeness (QED) is 0.0791. The number of unbranched alkanes of at least 4 members (excludes halogenated alkanes) is 8. The lowest BCUT2D eigenvalue weighted by Gasteiger charge is -2.29. The summed E-state index contributed by atoms with van der Waals surface area (Å²) in [5.41, 5.74) is 12.2. The van der Waals surface area contributed by atoms with Crippen LogP contribution < -0.4 is 18.9 Å². The Balaban J connectivity index is 1.94. The highest BCUT2D eigenvalue weighted by molar-refractivity contribution is 5.58. The van der Waals surface area contributed by atoms with E-state index in [0.29, 0.717) is 71.4 Å². The second-order valence-corrected chi connectivity index (χ2v) is 24.4. The monoisotopic (exact) mass is 1000 g/mol. The summed E-state index contributed by atoms with van der Waals surface area (Å²) in [5.74, 6) is 3.28. The van der Waals surface area contributed by atoms with Crippen LogP contribution in [-0.2, 0) is 58.9 Å². The molecule has 1 aliphatic rings. The highest BCUT2D eigenvalue weighted by Gasteiger charge is 2.29. The Morgan fingerprint density at radius 1 is 0.338 bits per heavy atom. The molecule has 5 rings (SSSR count). The van der Waals surface area contributed by atoms with Gasteiger partial charge in [0.15, 0.2) is 0 Å². The number of ether oxygens (including phenoxy) is 5. The van der Waals surface area contributed by atoms with Crippen molar-refractivity contribution in [3.05, 3.63) is 115 Å². The van der Waals surface area contributed by atoms with Gasteiger partial charge in [0.25, 0.3) is 0 Å². The Morgan fingerprint density at radius 2 is 0.541 bits per heavy atom. The lowest BCUT2D eigenvalue weighted by Crippen LogP contribution is -2.17. The molecule has 0 unspecified atom stereocenters. The number of benzene rings is 4. The number of hydrogen-bond acceptors (Lipinski definition) is 9. The summed E-state index contributed by atoms with van der Waals surface area (Å²) >= 11 is 0. The second kappa shape index (κ2) is 27.0. The van der Waals surface area contributed by atoms with Gasteiger partial charge in [-0.3, -0.25) is 0 Å². The third kappa shape index (κ3) is 17.0. The first-order valence-electron chi connectivity index (χ1n) is 27.3. The van der Waals surface area contributed by atoms with Crippen molar-refractivity contribution < 1.29 is 23.7 Å². The van der Waals surface area contributed by atoms with Gasteiger partial charge >= 0.3 is 0 Å². The molecule has 9 heteroatoms. The van der Waals surface area contributed by atoms with Gasteiger partial charge in [-0.2, -0.15) is 21.0 Å². The summed E-state index contributed by atoms with van der Waals surface area (Å²) in [7, 11) is 0. The van der Waals surface area contributed by atoms with Crippen molar-refractivity contribution in [3.8, 4) is 47.3 Å². The van der Waals surface area contributed by atoms with Gasteiger partial charge in [-0.25, -0.2) is 0 Å². The average Bonchev–Trinajstić information content (AvgIpc) is 3.31. The lowest BCUT2D eigenvalue weighted by molar-refractivity contribution is 0.102. The normalized spacial score (nSPS) is 13.1. The number of rotatable bonds is 20. The van der Waals surface area contributed by atoms with Crippen molar-refractivity contribution in [2.45, 2.75) is 214 Å². The zero-order valence-electron chi connectivity index (χ0n) is 47.3. The van der Waals surface area contributed by atoms with Gasteiger partial charge in [0.1, 0.15) is 23.0 Å². The Bertz CT molecular complexity index is 2500. The van der Waals surface area contributed by atoms with Crippen molar-refractivity contribution in [3.63, 3.8) is 0 Å². The third-order valence-corrected chi connectivity index (χ3v) is 13.8. The highest BCUT2D eigenvalue weighted by atomic mass is 16.5. The van der Waals surface area contributed by atoms with E-state index in [2.05, 4.69) is 156 Å². The molecular weight excluding hydrogens is 917 g/mol. The minimum Gasteiger partial charge on any atom is -0.493 e. The average molecular weight is 1000 g/mol. The van der Waals surface area contributed by atoms with Gasteiger partial charge in [0.2, 0.25) is 0 Å². The standard InChI is InChI=1S/C65H86N4O5/c1-62(2,3)54-36-46-33-47-37-55(63(4,5)6)39-49(59(47)72-30-22-14-18-26-67)35-51-41-57(65(10,11)12)43-53(61(51)74-32-24-16-20-28-69)45-70-44-52-42-56(64(7,8)9)40-50(60(52)73-31-23-15-19-27-68)34-48(38-54)58(46)71-29-21-13-17-25-66/h36-43H,13-24,29-35,44-45H2,1-12H3. The Labute approximate surface area is 446 Å². The fourth-order valence-corrected chi connectivity index (χ4v) is 9.30. The van der Waals surface area contributed by atoms with E-state index in [1.165, 1.54) is 22.3 Å². The maximum Gasteiger partial charge on any atom is 0.128 e. The van der Waals surface area contributed by atoms with E-state index >= 15 is 0 Å². The van der Waals surface area contributed by atoms with E-state index in [9.17, 15) is 21.0 Å². The molecule has 8 bridgehead atoms. The van der Waals surface area contributed by atoms with E-state index in [-0.39, 0.29) is 34.9 Å². The minimum absolute atomic E-state index is 0.201. The molecule has 1 aliphatic heterocycles. The van der Waals surface area contributed by atoms with Crippen LogP contribution in [0.4, 0.5) is 0 Å². The molecule has 0 aliphatic carbocycles. The zero-order chi connectivity index (χ0) is 54.1. The molecule has 9 nitrogen and oxygen atoms in total. The van der Waals surface area contributed by atoms with Gasteiger partial charge in [-0.05, 0) is 141 Å². The van der Waals surface area contributed by atoms with Crippen LogP contribution in [0.3, 0.4) is 0 Å². The third-order valence-electron chi connectivity index (χ3n) is 13.8. The summed E-state index contributed by atoms with van der Waals surface area (Å²) in [5, 5.41) is 37.7. The number of nitrogens with zero attached hydrogens (tertiary/aromatic N) is 4. The van der Waals surface area contributed by atoms with Crippen LogP contribution >= 0.6 is 0 Å². The molecule has 0 aromatic heterocycles.